The average molecular weight is 369 g/mol. The number of rotatable bonds is 1. The number of hydrogen-bond donors (Lipinski definition) is 0. The lowest BCUT2D eigenvalue weighted by molar-refractivity contribution is 0.601. The molecule has 0 unspecified atom stereocenters. The summed E-state index contributed by atoms with van der Waals surface area (Å²) in [5, 5.41) is 9.60. The molecule has 1 aliphatic rings. The Kier molecular flexibility index (Phi) is 3.80. The third-order valence-electron chi connectivity index (χ3n) is 3.29. The molecule has 0 N–H and O–H groups in total. The van der Waals surface area contributed by atoms with E-state index in [1.807, 2.05) is 0 Å². The van der Waals surface area contributed by atoms with Gasteiger partial charge in [0.1, 0.15) is 11.9 Å². The second-order valence-corrected chi connectivity index (χ2v) is 7.45. The van der Waals surface area contributed by atoms with Gasteiger partial charge in [0.25, 0.3) is 0 Å². The third kappa shape index (κ3) is 2.57. The molecule has 0 atom stereocenters. The fourth-order valence-electron chi connectivity index (χ4n) is 2.25. The molecule has 0 spiro atoms. The van der Waals surface area contributed by atoms with Gasteiger partial charge in [0.2, 0.25) is 9.84 Å². The molecule has 0 fully saturated rings. The molecule has 1 aliphatic heterocycles. The lowest BCUT2D eigenvalue weighted by Crippen LogP contribution is -2.22. The molecular weight excluding hydrogens is 362 g/mol. The smallest absolute Gasteiger partial charge is 0.220 e. The number of allylic oxidation sites excluding steroid dienone is 1. The summed E-state index contributed by atoms with van der Waals surface area (Å²) in [5.41, 5.74) is 0.221. The molecule has 0 bridgehead atoms. The molecule has 0 amide bonds. The van der Waals surface area contributed by atoms with Crippen LogP contribution in [0.3, 0.4) is 0 Å². The number of nitriles is 1. The van der Waals surface area contributed by atoms with Gasteiger partial charge < -0.3 is 4.90 Å². The van der Waals surface area contributed by atoms with Crippen LogP contribution < -0.4 is 4.90 Å². The Labute approximate surface area is 141 Å². The predicted octanol–water partition coefficient (Wildman–Crippen LogP) is 4.42. The van der Waals surface area contributed by atoms with Crippen LogP contribution in [0.5, 0.6) is 0 Å². The van der Waals surface area contributed by atoms with Crippen LogP contribution in [0.15, 0.2) is 52.4 Å². The maximum absolute atomic E-state index is 14.2. The highest BCUT2D eigenvalue weighted by molar-refractivity contribution is 7.95. The maximum Gasteiger partial charge on any atom is 0.220 e. The topological polar surface area (TPSA) is 61.2 Å². The fraction of sp³-hybridized carbons (Fsp3) is 0. The van der Waals surface area contributed by atoms with Crippen LogP contribution in [0.1, 0.15) is 0 Å². The number of nitrogens with zero attached hydrogens (tertiary/aromatic N) is 2. The number of halogens is 3. The maximum atomic E-state index is 14.2. The third-order valence-corrected chi connectivity index (χ3v) is 5.46. The van der Waals surface area contributed by atoms with Gasteiger partial charge in [-0.2, -0.15) is 5.26 Å². The molecule has 3 rings (SSSR count). The van der Waals surface area contributed by atoms with Crippen molar-refractivity contribution >= 4 is 44.4 Å². The van der Waals surface area contributed by atoms with E-state index in [-0.39, 0.29) is 26.3 Å². The molecule has 1 heterocycles. The van der Waals surface area contributed by atoms with Crippen LogP contribution >= 0.6 is 23.2 Å². The second kappa shape index (κ2) is 5.53. The molecule has 8 heteroatoms. The normalized spacial score (nSPS) is 15.6. The summed E-state index contributed by atoms with van der Waals surface area (Å²) in [6.07, 6.45) is 1.07. The summed E-state index contributed by atoms with van der Waals surface area (Å²) in [5.74, 6) is -0.656. The SMILES string of the molecule is N#CC1=CN(c2ccc(Cl)cc2F)c2cc(Cl)ccc2S1(=O)=O. The van der Waals surface area contributed by atoms with Crippen LogP contribution in [-0.4, -0.2) is 8.42 Å². The van der Waals surface area contributed by atoms with Gasteiger partial charge >= 0.3 is 0 Å². The molecule has 0 aromatic heterocycles. The van der Waals surface area contributed by atoms with Gasteiger partial charge in [0.05, 0.1) is 16.3 Å². The Bertz CT molecular complexity index is 997. The lowest BCUT2D eigenvalue weighted by Gasteiger charge is -2.28. The summed E-state index contributed by atoms with van der Waals surface area (Å²) in [7, 11) is -3.96. The van der Waals surface area contributed by atoms with Crippen LogP contribution in [0, 0.1) is 17.1 Å². The zero-order valence-corrected chi connectivity index (χ0v) is 13.6. The average Bonchev–Trinajstić information content (AvgIpc) is 2.48. The minimum absolute atomic E-state index is 0.0561. The first-order valence-corrected chi connectivity index (χ1v) is 8.49. The number of sulfone groups is 1. The molecule has 116 valence electrons. The standard InChI is InChI=1S/C15H7Cl2FN2O2S/c16-9-1-3-13(12(18)5-9)20-8-11(7-19)23(21,22)15-4-2-10(17)6-14(15)20/h1-6,8H. The van der Waals surface area contributed by atoms with Crippen molar-refractivity contribution in [3.05, 3.63) is 63.4 Å². The van der Waals surface area contributed by atoms with E-state index in [0.29, 0.717) is 0 Å². The summed E-state index contributed by atoms with van der Waals surface area (Å²) >= 11 is 11.7. The number of anilines is 2. The van der Waals surface area contributed by atoms with Crippen molar-refractivity contribution in [3.8, 4) is 6.07 Å². The van der Waals surface area contributed by atoms with Gasteiger partial charge in [-0.1, -0.05) is 23.2 Å². The van der Waals surface area contributed by atoms with E-state index in [9.17, 15) is 12.8 Å². The van der Waals surface area contributed by atoms with Crippen molar-refractivity contribution < 1.29 is 12.8 Å². The molecule has 0 aliphatic carbocycles. The van der Waals surface area contributed by atoms with Crippen molar-refractivity contribution in [3.63, 3.8) is 0 Å². The second-order valence-electron chi connectivity index (χ2n) is 4.69. The monoisotopic (exact) mass is 368 g/mol. The minimum atomic E-state index is -3.96. The van der Waals surface area contributed by atoms with Gasteiger partial charge in [-0.05, 0) is 36.4 Å². The van der Waals surface area contributed by atoms with Crippen LogP contribution in [0.2, 0.25) is 10.0 Å². The summed E-state index contributed by atoms with van der Waals surface area (Å²) < 4.78 is 39.0. The fourth-order valence-corrected chi connectivity index (χ4v) is 3.85. The Hall–Kier alpha value is -2.07. The summed E-state index contributed by atoms with van der Waals surface area (Å²) in [4.78, 5) is 0.670. The predicted molar refractivity (Wildman–Crippen MR) is 85.9 cm³/mol. The molecule has 0 saturated heterocycles. The molecule has 2 aromatic rings. The molecule has 4 nitrogen and oxygen atoms in total. The van der Waals surface area contributed by atoms with Crippen molar-refractivity contribution in [1.29, 1.82) is 5.26 Å². The Morgan fingerprint density at radius 2 is 1.70 bits per heavy atom. The number of benzene rings is 2. The first-order chi connectivity index (χ1) is 10.8. The Morgan fingerprint density at radius 1 is 1.04 bits per heavy atom. The molecule has 2 aromatic carbocycles. The highest BCUT2D eigenvalue weighted by Gasteiger charge is 2.33. The van der Waals surface area contributed by atoms with Crippen molar-refractivity contribution in [2.24, 2.45) is 0 Å². The zero-order valence-electron chi connectivity index (χ0n) is 11.3. The Balaban J connectivity index is 2.33. The van der Waals surface area contributed by atoms with Crippen LogP contribution in [0.25, 0.3) is 0 Å². The van der Waals surface area contributed by atoms with Gasteiger partial charge in [-0.3, -0.25) is 0 Å². The summed E-state index contributed by atoms with van der Waals surface area (Å²) in [6.45, 7) is 0. The minimum Gasteiger partial charge on any atom is -0.311 e. The Morgan fingerprint density at radius 3 is 2.35 bits per heavy atom. The highest BCUT2D eigenvalue weighted by Crippen LogP contribution is 2.41. The van der Waals surface area contributed by atoms with Gasteiger partial charge in [0, 0.05) is 16.2 Å². The number of fused-ring (bicyclic) bond motifs is 1. The van der Waals surface area contributed by atoms with Gasteiger partial charge in [0.15, 0.2) is 4.91 Å². The lowest BCUT2D eigenvalue weighted by atomic mass is 10.2. The van der Waals surface area contributed by atoms with E-state index < -0.39 is 20.6 Å². The largest absolute Gasteiger partial charge is 0.311 e. The van der Waals surface area contributed by atoms with E-state index in [2.05, 4.69) is 0 Å². The van der Waals surface area contributed by atoms with E-state index >= 15 is 0 Å². The van der Waals surface area contributed by atoms with E-state index in [0.717, 1.165) is 12.3 Å². The highest BCUT2D eigenvalue weighted by atomic mass is 35.5. The zero-order chi connectivity index (χ0) is 16.8. The van der Waals surface area contributed by atoms with Crippen molar-refractivity contribution in [1.82, 2.24) is 0 Å². The number of hydrogen-bond acceptors (Lipinski definition) is 4. The first-order valence-electron chi connectivity index (χ1n) is 6.25. The van der Waals surface area contributed by atoms with E-state index in [1.165, 1.54) is 35.2 Å². The van der Waals surface area contributed by atoms with Crippen molar-refractivity contribution in [2.45, 2.75) is 4.90 Å². The first kappa shape index (κ1) is 15.8. The van der Waals surface area contributed by atoms with Crippen LogP contribution in [-0.2, 0) is 9.84 Å². The van der Waals surface area contributed by atoms with E-state index in [4.69, 9.17) is 28.5 Å². The van der Waals surface area contributed by atoms with Crippen molar-refractivity contribution in [2.75, 3.05) is 4.90 Å². The van der Waals surface area contributed by atoms with Gasteiger partial charge in [-0.15, -0.1) is 0 Å². The van der Waals surface area contributed by atoms with Gasteiger partial charge in [-0.25, -0.2) is 12.8 Å². The molecule has 0 saturated carbocycles. The molecule has 0 radical (unpaired) electrons. The van der Waals surface area contributed by atoms with Crippen LogP contribution in [0.4, 0.5) is 15.8 Å². The summed E-state index contributed by atoms with van der Waals surface area (Å²) in [6, 6.07) is 9.67. The van der Waals surface area contributed by atoms with E-state index in [1.54, 1.807) is 6.07 Å². The molecule has 23 heavy (non-hydrogen) atoms. The quantitative estimate of drug-likeness (QED) is 0.747. The molecular formula is C15H7Cl2FN2O2S.